The molecule has 142 valence electrons. The third kappa shape index (κ3) is 4.35. The fourth-order valence-electron chi connectivity index (χ4n) is 3.58. The minimum Gasteiger partial charge on any atom is -0.339 e. The lowest BCUT2D eigenvalue weighted by Crippen LogP contribution is -2.41. The number of hydrogen-bond acceptors (Lipinski definition) is 3. The molecule has 1 saturated heterocycles. The van der Waals surface area contributed by atoms with Crippen LogP contribution in [0.5, 0.6) is 0 Å². The van der Waals surface area contributed by atoms with Gasteiger partial charge in [-0.1, -0.05) is 32.0 Å². The molecule has 5 heteroatoms. The maximum Gasteiger partial charge on any atom is 0.255 e. The molecule has 0 spiro atoms. The van der Waals surface area contributed by atoms with Crippen LogP contribution >= 0.6 is 0 Å². The molecule has 27 heavy (non-hydrogen) atoms. The Hall–Kier alpha value is -2.69. The van der Waals surface area contributed by atoms with Gasteiger partial charge >= 0.3 is 0 Å². The summed E-state index contributed by atoms with van der Waals surface area (Å²) in [6.07, 6.45) is 4.61. The summed E-state index contributed by atoms with van der Waals surface area (Å²) in [6, 6.07) is 9.67. The van der Waals surface area contributed by atoms with E-state index in [1.54, 1.807) is 24.5 Å². The van der Waals surface area contributed by atoms with Crippen molar-refractivity contribution >= 4 is 17.5 Å². The van der Waals surface area contributed by atoms with E-state index < -0.39 is 0 Å². The molecular formula is C22H27N3O2. The highest BCUT2D eigenvalue weighted by Crippen LogP contribution is 2.29. The molecule has 0 saturated carbocycles. The van der Waals surface area contributed by atoms with E-state index in [0.717, 1.165) is 16.8 Å². The molecule has 0 aliphatic carbocycles. The SMILES string of the molecule is Cc1cccc(C(C)C)c1NC(=O)C1CCN(C(=O)c2cccnc2)CC1. The Morgan fingerprint density at radius 3 is 2.52 bits per heavy atom. The Bertz CT molecular complexity index is 810. The molecule has 0 unspecified atom stereocenters. The van der Waals surface area contributed by atoms with Crippen LogP contribution in [-0.2, 0) is 4.79 Å². The standard InChI is InChI=1S/C22H27N3O2/c1-15(2)19-8-4-6-16(3)20(19)24-21(26)17-9-12-25(13-10-17)22(27)18-7-5-11-23-14-18/h4-8,11,14-15,17H,9-10,12-13H2,1-3H3,(H,24,26). The number of amides is 2. The highest BCUT2D eigenvalue weighted by atomic mass is 16.2. The van der Waals surface area contributed by atoms with Crippen molar-refractivity contribution in [3.63, 3.8) is 0 Å². The molecule has 1 aliphatic rings. The predicted molar refractivity (Wildman–Crippen MR) is 107 cm³/mol. The molecule has 1 aliphatic heterocycles. The van der Waals surface area contributed by atoms with Crippen LogP contribution in [0.15, 0.2) is 42.7 Å². The summed E-state index contributed by atoms with van der Waals surface area (Å²) in [5.41, 5.74) is 3.78. The van der Waals surface area contributed by atoms with E-state index in [0.29, 0.717) is 37.4 Å². The number of aromatic nitrogens is 1. The number of aryl methyl sites for hydroxylation is 1. The molecule has 1 aromatic carbocycles. The average molecular weight is 365 g/mol. The molecule has 0 bridgehead atoms. The number of pyridine rings is 1. The van der Waals surface area contributed by atoms with Crippen LogP contribution in [0, 0.1) is 12.8 Å². The molecular weight excluding hydrogens is 338 g/mol. The molecule has 2 amide bonds. The minimum atomic E-state index is -0.0671. The Kier molecular flexibility index (Phi) is 5.89. The van der Waals surface area contributed by atoms with E-state index in [1.165, 1.54) is 0 Å². The normalized spacial score (nSPS) is 15.0. The fourth-order valence-corrected chi connectivity index (χ4v) is 3.58. The van der Waals surface area contributed by atoms with Gasteiger partial charge in [0.1, 0.15) is 0 Å². The number of likely N-dealkylation sites (tertiary alicyclic amines) is 1. The largest absolute Gasteiger partial charge is 0.339 e. The third-order valence-electron chi connectivity index (χ3n) is 5.24. The average Bonchev–Trinajstić information content (AvgIpc) is 2.69. The Balaban J connectivity index is 1.62. The number of para-hydroxylation sites is 1. The van der Waals surface area contributed by atoms with Gasteiger partial charge in [0.05, 0.1) is 5.56 Å². The van der Waals surface area contributed by atoms with Gasteiger partial charge < -0.3 is 10.2 Å². The maximum absolute atomic E-state index is 12.8. The van der Waals surface area contributed by atoms with Crippen molar-refractivity contribution in [1.82, 2.24) is 9.88 Å². The summed E-state index contributed by atoms with van der Waals surface area (Å²) in [5, 5.41) is 3.15. The lowest BCUT2D eigenvalue weighted by Gasteiger charge is -2.31. The predicted octanol–water partition coefficient (Wildman–Crippen LogP) is 4.00. The lowest BCUT2D eigenvalue weighted by molar-refractivity contribution is -0.121. The van der Waals surface area contributed by atoms with Gasteiger partial charge in [-0.15, -0.1) is 0 Å². The van der Waals surface area contributed by atoms with Gasteiger partial charge in [-0.05, 0) is 48.9 Å². The number of nitrogens with zero attached hydrogens (tertiary/aromatic N) is 2. The zero-order valence-corrected chi connectivity index (χ0v) is 16.2. The molecule has 3 rings (SSSR count). The van der Waals surface area contributed by atoms with Crippen LogP contribution in [0.2, 0.25) is 0 Å². The van der Waals surface area contributed by atoms with Crippen LogP contribution in [0.25, 0.3) is 0 Å². The highest BCUT2D eigenvalue weighted by Gasteiger charge is 2.28. The Morgan fingerprint density at radius 2 is 1.89 bits per heavy atom. The molecule has 0 atom stereocenters. The van der Waals surface area contributed by atoms with Gasteiger partial charge in [0.15, 0.2) is 0 Å². The molecule has 5 nitrogen and oxygen atoms in total. The van der Waals surface area contributed by atoms with E-state index in [1.807, 2.05) is 24.0 Å². The summed E-state index contributed by atoms with van der Waals surface area (Å²) < 4.78 is 0. The first-order valence-corrected chi connectivity index (χ1v) is 9.57. The smallest absolute Gasteiger partial charge is 0.255 e. The van der Waals surface area contributed by atoms with E-state index in [-0.39, 0.29) is 17.7 Å². The summed E-state index contributed by atoms with van der Waals surface area (Å²) in [7, 11) is 0. The zero-order chi connectivity index (χ0) is 19.4. The second-order valence-electron chi connectivity index (χ2n) is 7.49. The van der Waals surface area contributed by atoms with Crippen molar-refractivity contribution in [2.24, 2.45) is 5.92 Å². The number of rotatable bonds is 4. The van der Waals surface area contributed by atoms with Crippen molar-refractivity contribution in [2.75, 3.05) is 18.4 Å². The van der Waals surface area contributed by atoms with Crippen molar-refractivity contribution < 1.29 is 9.59 Å². The number of benzene rings is 1. The molecule has 1 aromatic heterocycles. The Morgan fingerprint density at radius 1 is 1.15 bits per heavy atom. The van der Waals surface area contributed by atoms with Gasteiger partial charge in [-0.2, -0.15) is 0 Å². The first-order chi connectivity index (χ1) is 13.0. The van der Waals surface area contributed by atoms with Gasteiger partial charge in [0.2, 0.25) is 5.91 Å². The summed E-state index contributed by atoms with van der Waals surface area (Å²) in [5.74, 6) is 0.323. The van der Waals surface area contributed by atoms with Gasteiger partial charge in [-0.3, -0.25) is 14.6 Å². The van der Waals surface area contributed by atoms with Crippen LogP contribution < -0.4 is 5.32 Å². The van der Waals surface area contributed by atoms with Crippen molar-refractivity contribution in [3.05, 3.63) is 59.4 Å². The summed E-state index contributed by atoms with van der Waals surface area (Å²) in [4.78, 5) is 31.2. The number of hydrogen-bond donors (Lipinski definition) is 1. The number of anilines is 1. The fraction of sp³-hybridized carbons (Fsp3) is 0.409. The lowest BCUT2D eigenvalue weighted by atomic mass is 9.94. The summed E-state index contributed by atoms with van der Waals surface area (Å²) >= 11 is 0. The molecule has 2 heterocycles. The third-order valence-corrected chi connectivity index (χ3v) is 5.24. The molecule has 1 fully saturated rings. The second-order valence-corrected chi connectivity index (χ2v) is 7.49. The molecule has 2 aromatic rings. The van der Waals surface area contributed by atoms with Gasteiger partial charge in [0.25, 0.3) is 5.91 Å². The number of carbonyl (C=O) groups excluding carboxylic acids is 2. The van der Waals surface area contributed by atoms with E-state index in [9.17, 15) is 9.59 Å². The minimum absolute atomic E-state index is 0.0112. The van der Waals surface area contributed by atoms with Crippen molar-refractivity contribution in [3.8, 4) is 0 Å². The number of carbonyl (C=O) groups is 2. The second kappa shape index (κ2) is 8.33. The zero-order valence-electron chi connectivity index (χ0n) is 16.2. The topological polar surface area (TPSA) is 62.3 Å². The van der Waals surface area contributed by atoms with E-state index in [2.05, 4.69) is 30.2 Å². The van der Waals surface area contributed by atoms with Crippen LogP contribution in [0.1, 0.15) is 54.1 Å². The van der Waals surface area contributed by atoms with E-state index in [4.69, 9.17) is 0 Å². The van der Waals surface area contributed by atoms with E-state index >= 15 is 0 Å². The van der Waals surface area contributed by atoms with Crippen molar-refractivity contribution in [1.29, 1.82) is 0 Å². The van der Waals surface area contributed by atoms with Gasteiger partial charge in [0, 0.05) is 37.1 Å². The number of nitrogens with one attached hydrogen (secondary N) is 1. The monoisotopic (exact) mass is 365 g/mol. The first kappa shape index (κ1) is 19.1. The van der Waals surface area contributed by atoms with Crippen LogP contribution in [0.4, 0.5) is 5.69 Å². The van der Waals surface area contributed by atoms with Gasteiger partial charge in [-0.25, -0.2) is 0 Å². The highest BCUT2D eigenvalue weighted by molar-refractivity contribution is 5.95. The maximum atomic E-state index is 12.8. The molecule has 0 radical (unpaired) electrons. The quantitative estimate of drug-likeness (QED) is 0.891. The molecule has 1 N–H and O–H groups in total. The first-order valence-electron chi connectivity index (χ1n) is 9.57. The number of piperidine rings is 1. The Labute approximate surface area is 160 Å². The van der Waals surface area contributed by atoms with Crippen LogP contribution in [-0.4, -0.2) is 34.8 Å². The van der Waals surface area contributed by atoms with Crippen molar-refractivity contribution in [2.45, 2.75) is 39.5 Å². The van der Waals surface area contributed by atoms with Crippen LogP contribution in [0.3, 0.4) is 0 Å². The summed E-state index contributed by atoms with van der Waals surface area (Å²) in [6.45, 7) is 7.48.